The van der Waals surface area contributed by atoms with Crippen LogP contribution in [0, 0.1) is 0 Å². The molecule has 0 spiro atoms. The van der Waals surface area contributed by atoms with Gasteiger partial charge in [0.2, 0.25) is 0 Å². The maximum atomic E-state index is 12.8. The summed E-state index contributed by atoms with van der Waals surface area (Å²) in [5.74, 6) is -1.10. The molecule has 0 aliphatic heterocycles. The van der Waals surface area contributed by atoms with E-state index in [9.17, 15) is 18.4 Å². The molecule has 6 heteroatoms. The van der Waals surface area contributed by atoms with Gasteiger partial charge in [0, 0.05) is 12.0 Å². The van der Waals surface area contributed by atoms with Gasteiger partial charge in [-0.15, -0.1) is 0 Å². The lowest BCUT2D eigenvalue weighted by Crippen LogP contribution is -2.07. The Bertz CT molecular complexity index is 486. The van der Waals surface area contributed by atoms with E-state index in [1.807, 2.05) is 0 Å². The van der Waals surface area contributed by atoms with E-state index in [1.54, 1.807) is 6.92 Å². The third-order valence-corrected chi connectivity index (χ3v) is 2.62. The van der Waals surface area contributed by atoms with Crippen LogP contribution in [-0.4, -0.2) is 25.7 Å². The van der Waals surface area contributed by atoms with Gasteiger partial charge in [-0.25, -0.2) is 13.6 Å². The molecule has 0 bridgehead atoms. The van der Waals surface area contributed by atoms with E-state index in [-0.39, 0.29) is 30.6 Å². The zero-order valence-corrected chi connectivity index (χ0v) is 11.3. The van der Waals surface area contributed by atoms with Crippen molar-refractivity contribution in [1.82, 2.24) is 0 Å². The topological polar surface area (TPSA) is 52.6 Å². The van der Waals surface area contributed by atoms with E-state index in [0.29, 0.717) is 5.56 Å². The number of rotatable bonds is 6. The molecule has 0 amide bonds. The number of esters is 2. The molecular formula is C14H16F2O4. The second-order valence-electron chi connectivity index (χ2n) is 4.06. The first-order valence-electron chi connectivity index (χ1n) is 6.13. The molecule has 4 nitrogen and oxygen atoms in total. The number of benzene rings is 1. The summed E-state index contributed by atoms with van der Waals surface area (Å²) >= 11 is 0. The molecule has 0 saturated carbocycles. The molecule has 20 heavy (non-hydrogen) atoms. The Hall–Kier alpha value is -1.98. The van der Waals surface area contributed by atoms with Gasteiger partial charge in [0.1, 0.15) is 0 Å². The number of aryl methyl sites for hydroxylation is 1. The van der Waals surface area contributed by atoms with Crippen molar-refractivity contribution in [2.24, 2.45) is 0 Å². The largest absolute Gasteiger partial charge is 0.469 e. The minimum absolute atomic E-state index is 0.0597. The standard InChI is InChI=1S/C14H16F2O4/c1-3-20-14(18)11-7-9(4-5-12(17)19-2)6-10(8-11)13(15)16/h6-8,13H,3-5H2,1-2H3. The molecule has 1 aromatic carbocycles. The zero-order valence-electron chi connectivity index (χ0n) is 11.3. The lowest BCUT2D eigenvalue weighted by Gasteiger charge is -2.09. The second kappa shape index (κ2) is 7.57. The van der Waals surface area contributed by atoms with Crippen molar-refractivity contribution in [2.75, 3.05) is 13.7 Å². The molecule has 0 aliphatic rings. The van der Waals surface area contributed by atoms with Gasteiger partial charge in [-0.1, -0.05) is 6.07 Å². The fourth-order valence-corrected chi connectivity index (χ4v) is 1.67. The third kappa shape index (κ3) is 4.60. The number of carbonyl (C=O) groups excluding carboxylic acids is 2. The highest BCUT2D eigenvalue weighted by molar-refractivity contribution is 5.90. The van der Waals surface area contributed by atoms with Crippen LogP contribution >= 0.6 is 0 Å². The maximum absolute atomic E-state index is 12.8. The van der Waals surface area contributed by atoms with E-state index in [4.69, 9.17) is 4.74 Å². The van der Waals surface area contributed by atoms with Crippen LogP contribution < -0.4 is 0 Å². The van der Waals surface area contributed by atoms with Gasteiger partial charge in [-0.3, -0.25) is 4.79 Å². The lowest BCUT2D eigenvalue weighted by atomic mass is 10.0. The average Bonchev–Trinajstić information content (AvgIpc) is 2.44. The number of ether oxygens (including phenoxy) is 2. The van der Waals surface area contributed by atoms with Gasteiger partial charge in [0.05, 0.1) is 19.3 Å². The lowest BCUT2D eigenvalue weighted by molar-refractivity contribution is -0.140. The van der Waals surface area contributed by atoms with E-state index in [0.717, 1.165) is 6.07 Å². The highest BCUT2D eigenvalue weighted by Gasteiger charge is 2.15. The molecule has 0 saturated heterocycles. The van der Waals surface area contributed by atoms with Gasteiger partial charge in [-0.2, -0.15) is 0 Å². The van der Waals surface area contributed by atoms with Crippen molar-refractivity contribution >= 4 is 11.9 Å². The highest BCUT2D eigenvalue weighted by atomic mass is 19.3. The van der Waals surface area contributed by atoms with Crippen LogP contribution in [0.25, 0.3) is 0 Å². The molecule has 1 aromatic rings. The zero-order chi connectivity index (χ0) is 15.1. The SMILES string of the molecule is CCOC(=O)c1cc(CCC(=O)OC)cc(C(F)F)c1. The van der Waals surface area contributed by atoms with Crippen LogP contribution in [0.4, 0.5) is 8.78 Å². The van der Waals surface area contributed by atoms with Crippen molar-refractivity contribution < 1.29 is 27.8 Å². The quantitative estimate of drug-likeness (QED) is 0.754. The Morgan fingerprint density at radius 1 is 1.25 bits per heavy atom. The van der Waals surface area contributed by atoms with Crippen molar-refractivity contribution in [3.63, 3.8) is 0 Å². The average molecular weight is 286 g/mol. The van der Waals surface area contributed by atoms with Crippen molar-refractivity contribution in [1.29, 1.82) is 0 Å². The minimum atomic E-state index is -2.69. The molecule has 0 radical (unpaired) electrons. The molecule has 0 atom stereocenters. The van der Waals surface area contributed by atoms with Gasteiger partial charge in [-0.05, 0) is 31.0 Å². The van der Waals surface area contributed by atoms with E-state index < -0.39 is 18.4 Å². The summed E-state index contributed by atoms with van der Waals surface area (Å²) in [7, 11) is 1.25. The normalized spacial score (nSPS) is 10.4. The van der Waals surface area contributed by atoms with Crippen LogP contribution in [-0.2, 0) is 20.7 Å². The molecule has 0 aromatic heterocycles. The summed E-state index contributed by atoms with van der Waals surface area (Å²) in [6, 6.07) is 3.83. The van der Waals surface area contributed by atoms with E-state index >= 15 is 0 Å². The maximum Gasteiger partial charge on any atom is 0.338 e. The third-order valence-electron chi connectivity index (χ3n) is 2.62. The molecule has 0 heterocycles. The van der Waals surface area contributed by atoms with Gasteiger partial charge in [0.15, 0.2) is 0 Å². The number of hydrogen-bond acceptors (Lipinski definition) is 4. The molecule has 1 rings (SSSR count). The van der Waals surface area contributed by atoms with Crippen LogP contribution in [0.15, 0.2) is 18.2 Å². The number of halogens is 2. The predicted molar refractivity (Wildman–Crippen MR) is 67.7 cm³/mol. The summed E-state index contributed by atoms with van der Waals surface area (Å²) in [6.45, 7) is 1.79. The smallest absolute Gasteiger partial charge is 0.338 e. The summed E-state index contributed by atoms with van der Waals surface area (Å²) in [6.07, 6.45) is -2.41. The van der Waals surface area contributed by atoms with Crippen molar-refractivity contribution in [3.05, 3.63) is 34.9 Å². The number of carbonyl (C=O) groups is 2. The van der Waals surface area contributed by atoms with Gasteiger partial charge >= 0.3 is 11.9 Å². The van der Waals surface area contributed by atoms with Gasteiger partial charge < -0.3 is 9.47 Å². The Labute approximate surface area is 115 Å². The number of methoxy groups -OCH3 is 1. The van der Waals surface area contributed by atoms with Crippen molar-refractivity contribution in [2.45, 2.75) is 26.2 Å². The summed E-state index contributed by atoms with van der Waals surface area (Å²) in [4.78, 5) is 22.7. The monoisotopic (exact) mass is 286 g/mol. The Kier molecular flexibility index (Phi) is 6.09. The fourth-order valence-electron chi connectivity index (χ4n) is 1.67. The Morgan fingerprint density at radius 3 is 2.50 bits per heavy atom. The fraction of sp³-hybridized carbons (Fsp3) is 0.429. The molecular weight excluding hydrogens is 270 g/mol. The minimum Gasteiger partial charge on any atom is -0.469 e. The van der Waals surface area contributed by atoms with Crippen LogP contribution in [0.2, 0.25) is 0 Å². The highest BCUT2D eigenvalue weighted by Crippen LogP contribution is 2.23. The van der Waals surface area contributed by atoms with Crippen LogP contribution in [0.5, 0.6) is 0 Å². The molecule has 0 unspecified atom stereocenters. The number of alkyl halides is 2. The summed E-state index contributed by atoms with van der Waals surface area (Å²) in [5, 5.41) is 0. The van der Waals surface area contributed by atoms with Crippen LogP contribution in [0.1, 0.15) is 41.3 Å². The Morgan fingerprint density at radius 2 is 1.95 bits per heavy atom. The van der Waals surface area contributed by atoms with E-state index in [1.165, 1.54) is 19.2 Å². The molecule has 0 N–H and O–H groups in total. The first-order valence-corrected chi connectivity index (χ1v) is 6.13. The Balaban J connectivity index is 2.98. The predicted octanol–water partition coefficient (Wildman–Crippen LogP) is 2.91. The first-order chi connectivity index (χ1) is 9.47. The number of hydrogen-bond donors (Lipinski definition) is 0. The van der Waals surface area contributed by atoms with E-state index in [2.05, 4.69) is 4.74 Å². The van der Waals surface area contributed by atoms with Gasteiger partial charge in [0.25, 0.3) is 6.43 Å². The van der Waals surface area contributed by atoms with Crippen LogP contribution in [0.3, 0.4) is 0 Å². The summed E-state index contributed by atoms with van der Waals surface area (Å²) in [5.41, 5.74) is 0.260. The molecule has 0 fully saturated rings. The second-order valence-corrected chi connectivity index (χ2v) is 4.06. The molecule has 0 aliphatic carbocycles. The van der Waals surface area contributed by atoms with Crippen molar-refractivity contribution in [3.8, 4) is 0 Å². The summed E-state index contributed by atoms with van der Waals surface area (Å²) < 4.78 is 34.9. The first kappa shape index (κ1) is 16.1. The molecule has 110 valence electrons.